The van der Waals surface area contributed by atoms with Gasteiger partial charge in [-0.1, -0.05) is 39.7 Å². The first kappa shape index (κ1) is 15.8. The van der Waals surface area contributed by atoms with E-state index in [0.717, 1.165) is 10.0 Å². The lowest BCUT2D eigenvalue weighted by Crippen LogP contribution is -2.20. The zero-order chi connectivity index (χ0) is 15.2. The Labute approximate surface area is 136 Å². The van der Waals surface area contributed by atoms with Gasteiger partial charge in [-0.25, -0.2) is 0 Å². The van der Waals surface area contributed by atoms with E-state index >= 15 is 0 Å². The summed E-state index contributed by atoms with van der Waals surface area (Å²) in [5.41, 5.74) is 7.09. The van der Waals surface area contributed by atoms with E-state index in [1.807, 2.05) is 6.07 Å². The Balaban J connectivity index is 1.94. The van der Waals surface area contributed by atoms with Crippen LogP contribution in [0.15, 0.2) is 46.9 Å². The average molecular weight is 370 g/mol. The number of carbonyl (C=O) groups is 1. The van der Waals surface area contributed by atoms with Gasteiger partial charge in [0.25, 0.3) is 5.91 Å². The van der Waals surface area contributed by atoms with Gasteiger partial charge in [0.2, 0.25) is 0 Å². The molecule has 0 bridgehead atoms. The summed E-state index contributed by atoms with van der Waals surface area (Å²) >= 11 is 9.36. The highest BCUT2D eigenvalue weighted by Crippen LogP contribution is 2.23. The summed E-state index contributed by atoms with van der Waals surface area (Å²) in [6.45, 7) is 0.292. The SMILES string of the molecule is NCc1cc(OCC(=O)Nc2ccccc2Cl)ccc1Br. The number of amides is 1. The zero-order valence-electron chi connectivity index (χ0n) is 11.1. The van der Waals surface area contributed by atoms with E-state index in [9.17, 15) is 4.79 Å². The lowest BCUT2D eigenvalue weighted by molar-refractivity contribution is -0.118. The fourth-order valence-corrected chi connectivity index (χ4v) is 2.29. The van der Waals surface area contributed by atoms with Gasteiger partial charge in [-0.3, -0.25) is 4.79 Å². The van der Waals surface area contributed by atoms with Crippen LogP contribution in [0.25, 0.3) is 0 Å². The van der Waals surface area contributed by atoms with E-state index in [2.05, 4.69) is 21.2 Å². The second-order valence-electron chi connectivity index (χ2n) is 4.27. The predicted molar refractivity (Wildman–Crippen MR) is 87.6 cm³/mol. The third kappa shape index (κ3) is 4.46. The molecule has 21 heavy (non-hydrogen) atoms. The number of hydrogen-bond acceptors (Lipinski definition) is 3. The van der Waals surface area contributed by atoms with Crippen molar-refractivity contribution in [1.82, 2.24) is 0 Å². The molecule has 1 amide bonds. The van der Waals surface area contributed by atoms with Crippen molar-refractivity contribution in [2.75, 3.05) is 11.9 Å². The van der Waals surface area contributed by atoms with Gasteiger partial charge in [-0.05, 0) is 35.9 Å². The highest BCUT2D eigenvalue weighted by atomic mass is 79.9. The maximum Gasteiger partial charge on any atom is 0.262 e. The highest BCUT2D eigenvalue weighted by Gasteiger charge is 2.07. The third-order valence-corrected chi connectivity index (χ3v) is 3.86. The van der Waals surface area contributed by atoms with Crippen LogP contribution in [0.3, 0.4) is 0 Å². The Morgan fingerprint density at radius 3 is 2.76 bits per heavy atom. The number of hydrogen-bond donors (Lipinski definition) is 2. The molecule has 0 unspecified atom stereocenters. The second-order valence-corrected chi connectivity index (χ2v) is 5.54. The topological polar surface area (TPSA) is 64.3 Å². The predicted octanol–water partition coefficient (Wildman–Crippen LogP) is 3.58. The summed E-state index contributed by atoms with van der Waals surface area (Å²) in [5.74, 6) is 0.313. The first-order chi connectivity index (χ1) is 10.1. The molecule has 4 nitrogen and oxygen atoms in total. The summed E-state index contributed by atoms with van der Waals surface area (Å²) < 4.78 is 6.36. The first-order valence-electron chi connectivity index (χ1n) is 6.26. The molecule has 0 aliphatic carbocycles. The van der Waals surface area contributed by atoms with Gasteiger partial charge < -0.3 is 15.8 Å². The van der Waals surface area contributed by atoms with E-state index in [1.54, 1.807) is 36.4 Å². The van der Waals surface area contributed by atoms with Gasteiger partial charge in [0, 0.05) is 11.0 Å². The van der Waals surface area contributed by atoms with Crippen LogP contribution in [-0.4, -0.2) is 12.5 Å². The van der Waals surface area contributed by atoms with Gasteiger partial charge in [0.05, 0.1) is 10.7 Å². The number of rotatable bonds is 5. The number of halogens is 2. The van der Waals surface area contributed by atoms with Crippen molar-refractivity contribution in [3.63, 3.8) is 0 Å². The molecule has 0 aliphatic rings. The molecule has 0 aromatic heterocycles. The van der Waals surface area contributed by atoms with Crippen LogP contribution in [0.5, 0.6) is 5.75 Å². The first-order valence-corrected chi connectivity index (χ1v) is 7.43. The van der Waals surface area contributed by atoms with Crippen molar-refractivity contribution in [3.05, 3.63) is 57.5 Å². The Hall–Kier alpha value is -1.56. The monoisotopic (exact) mass is 368 g/mol. The highest BCUT2D eigenvalue weighted by molar-refractivity contribution is 9.10. The fourth-order valence-electron chi connectivity index (χ4n) is 1.70. The lowest BCUT2D eigenvalue weighted by Gasteiger charge is -2.10. The Kier molecular flexibility index (Phi) is 5.61. The van der Waals surface area contributed by atoms with Crippen molar-refractivity contribution in [2.45, 2.75) is 6.54 Å². The minimum atomic E-state index is -0.277. The molecule has 0 fully saturated rings. The molecule has 2 aromatic rings. The van der Waals surface area contributed by atoms with Crippen molar-refractivity contribution < 1.29 is 9.53 Å². The molecule has 6 heteroatoms. The summed E-state index contributed by atoms with van der Waals surface area (Å²) in [7, 11) is 0. The number of ether oxygens (including phenoxy) is 1. The van der Waals surface area contributed by atoms with Crippen LogP contribution in [0.1, 0.15) is 5.56 Å². The van der Waals surface area contributed by atoms with Crippen molar-refractivity contribution in [2.24, 2.45) is 5.73 Å². The number of carbonyl (C=O) groups excluding carboxylic acids is 1. The molecule has 0 atom stereocenters. The molecule has 110 valence electrons. The summed E-state index contributed by atoms with van der Waals surface area (Å²) in [4.78, 5) is 11.8. The second kappa shape index (κ2) is 7.45. The van der Waals surface area contributed by atoms with Crippen molar-refractivity contribution >= 4 is 39.1 Å². The molecule has 0 radical (unpaired) electrons. The van der Waals surface area contributed by atoms with Crippen LogP contribution in [0.4, 0.5) is 5.69 Å². The third-order valence-electron chi connectivity index (χ3n) is 2.75. The Morgan fingerprint density at radius 2 is 2.05 bits per heavy atom. The maximum absolute atomic E-state index is 11.8. The fraction of sp³-hybridized carbons (Fsp3) is 0.133. The summed E-state index contributed by atoms with van der Waals surface area (Å²) in [5, 5.41) is 3.18. The van der Waals surface area contributed by atoms with Gasteiger partial charge in [-0.15, -0.1) is 0 Å². The Bertz CT molecular complexity index is 649. The summed E-state index contributed by atoms with van der Waals surface area (Å²) in [6, 6.07) is 12.4. The molecule has 0 spiro atoms. The molecule has 2 aromatic carbocycles. The van der Waals surface area contributed by atoms with Gasteiger partial charge in [0.15, 0.2) is 6.61 Å². The number of anilines is 1. The number of para-hydroxylation sites is 1. The van der Waals surface area contributed by atoms with E-state index in [-0.39, 0.29) is 12.5 Å². The number of nitrogens with one attached hydrogen (secondary N) is 1. The Morgan fingerprint density at radius 1 is 1.29 bits per heavy atom. The van der Waals surface area contributed by atoms with Crippen molar-refractivity contribution in [3.8, 4) is 5.75 Å². The number of benzene rings is 2. The molecule has 0 saturated heterocycles. The molecule has 3 N–H and O–H groups in total. The lowest BCUT2D eigenvalue weighted by atomic mass is 10.2. The molecular formula is C15H14BrClN2O2. The largest absolute Gasteiger partial charge is 0.484 e. The average Bonchev–Trinajstić information content (AvgIpc) is 2.49. The van der Waals surface area contributed by atoms with E-state index in [1.165, 1.54) is 0 Å². The minimum absolute atomic E-state index is 0.100. The van der Waals surface area contributed by atoms with Gasteiger partial charge in [-0.2, -0.15) is 0 Å². The van der Waals surface area contributed by atoms with Crippen LogP contribution < -0.4 is 15.8 Å². The molecule has 2 rings (SSSR count). The van der Waals surface area contributed by atoms with E-state index in [0.29, 0.717) is 23.0 Å². The molecule has 0 saturated carbocycles. The smallest absolute Gasteiger partial charge is 0.262 e. The van der Waals surface area contributed by atoms with Crippen LogP contribution >= 0.6 is 27.5 Å². The zero-order valence-corrected chi connectivity index (χ0v) is 13.4. The molecule has 0 aliphatic heterocycles. The number of nitrogens with two attached hydrogens (primary N) is 1. The van der Waals surface area contributed by atoms with Crippen LogP contribution in [0, 0.1) is 0 Å². The normalized spacial score (nSPS) is 10.2. The molecule has 0 heterocycles. The van der Waals surface area contributed by atoms with E-state index < -0.39 is 0 Å². The quantitative estimate of drug-likeness (QED) is 0.846. The van der Waals surface area contributed by atoms with E-state index in [4.69, 9.17) is 22.1 Å². The van der Waals surface area contributed by atoms with Gasteiger partial charge in [0.1, 0.15) is 5.75 Å². The van der Waals surface area contributed by atoms with Crippen LogP contribution in [0.2, 0.25) is 5.02 Å². The van der Waals surface area contributed by atoms with Crippen LogP contribution in [-0.2, 0) is 11.3 Å². The summed E-state index contributed by atoms with van der Waals surface area (Å²) in [6.07, 6.45) is 0. The van der Waals surface area contributed by atoms with Crippen molar-refractivity contribution in [1.29, 1.82) is 0 Å². The maximum atomic E-state index is 11.8. The standard InChI is InChI=1S/C15H14BrClN2O2/c16-12-6-5-11(7-10(12)8-18)21-9-15(20)19-14-4-2-1-3-13(14)17/h1-7H,8-9,18H2,(H,19,20). The molecular weight excluding hydrogens is 356 g/mol. The minimum Gasteiger partial charge on any atom is -0.484 e. The van der Waals surface area contributed by atoms with Gasteiger partial charge >= 0.3 is 0 Å².